The zero-order valence-electron chi connectivity index (χ0n) is 14.0. The number of hydrogen-bond acceptors (Lipinski definition) is 5. The van der Waals surface area contributed by atoms with E-state index in [1.165, 1.54) is 24.3 Å². The van der Waals surface area contributed by atoms with Gasteiger partial charge in [0.15, 0.2) is 11.6 Å². The molecule has 3 rings (SSSR count). The Labute approximate surface area is 155 Å². The number of hydrogen-bond donors (Lipinski definition) is 2. The van der Waals surface area contributed by atoms with Gasteiger partial charge in [-0.3, -0.25) is 9.59 Å². The molecule has 0 radical (unpaired) electrons. The molecule has 0 saturated carbocycles. The van der Waals surface area contributed by atoms with E-state index in [1.807, 2.05) is 0 Å². The lowest BCUT2D eigenvalue weighted by Gasteiger charge is -2.16. The quantitative estimate of drug-likeness (QED) is 0.669. The van der Waals surface area contributed by atoms with Gasteiger partial charge in [0.1, 0.15) is 5.82 Å². The van der Waals surface area contributed by atoms with Gasteiger partial charge in [0.2, 0.25) is 0 Å². The number of benzene rings is 2. The molecule has 0 fully saturated rings. The fourth-order valence-corrected chi connectivity index (χ4v) is 2.44. The molecule has 0 spiro atoms. The lowest BCUT2D eigenvalue weighted by molar-refractivity contribution is -0.137. The van der Waals surface area contributed by atoms with Crippen molar-refractivity contribution >= 4 is 11.9 Å². The van der Waals surface area contributed by atoms with E-state index in [0.29, 0.717) is 5.56 Å². The van der Waals surface area contributed by atoms with E-state index in [0.717, 1.165) is 18.2 Å². The lowest BCUT2D eigenvalue weighted by atomic mass is 10.0. The highest BCUT2D eigenvalue weighted by Crippen LogP contribution is 2.23. The van der Waals surface area contributed by atoms with E-state index in [4.69, 9.17) is 9.63 Å². The second-order valence-electron chi connectivity index (χ2n) is 5.70. The number of nitrogens with zero attached hydrogens (tertiary/aromatic N) is 2. The molecule has 3 aromatic rings. The van der Waals surface area contributed by atoms with Crippen LogP contribution in [0.15, 0.2) is 47.0 Å². The summed E-state index contributed by atoms with van der Waals surface area (Å²) in [5, 5.41) is 14.8. The number of aliphatic carboxylic acids is 1. The molecule has 28 heavy (non-hydrogen) atoms. The van der Waals surface area contributed by atoms with E-state index in [2.05, 4.69) is 15.5 Å². The minimum Gasteiger partial charge on any atom is -0.481 e. The highest BCUT2D eigenvalue weighted by Gasteiger charge is 2.24. The lowest BCUT2D eigenvalue weighted by Crippen LogP contribution is -2.31. The normalized spacial score (nSPS) is 11.8. The van der Waals surface area contributed by atoms with Crippen molar-refractivity contribution in [3.05, 3.63) is 71.3 Å². The van der Waals surface area contributed by atoms with Crippen LogP contribution in [0.25, 0.3) is 11.5 Å². The SMILES string of the molecule is O=C(O)C[C@H](NC(=O)c1noc(-c2cccc(F)c2F)n1)c1ccc(F)cc1. The molecule has 0 bridgehead atoms. The minimum atomic E-state index is -1.21. The maximum Gasteiger partial charge on any atom is 0.305 e. The van der Waals surface area contributed by atoms with E-state index in [1.54, 1.807) is 0 Å². The van der Waals surface area contributed by atoms with Crippen molar-refractivity contribution in [2.24, 2.45) is 0 Å². The summed E-state index contributed by atoms with van der Waals surface area (Å²) < 4.78 is 45.0. The first-order chi connectivity index (χ1) is 13.3. The standard InChI is InChI=1S/C18H12F3N3O4/c19-10-6-4-9(5-7-10)13(8-14(25)26)22-17(27)16-23-18(28-24-16)11-2-1-3-12(20)15(11)21/h1-7,13H,8H2,(H,22,27)(H,25,26)/t13-/m0/s1. The summed E-state index contributed by atoms with van der Waals surface area (Å²) in [7, 11) is 0. The summed E-state index contributed by atoms with van der Waals surface area (Å²) in [5.74, 6) is -5.89. The zero-order valence-corrected chi connectivity index (χ0v) is 14.0. The third-order valence-corrected chi connectivity index (χ3v) is 3.77. The molecule has 2 N–H and O–H groups in total. The van der Waals surface area contributed by atoms with Crippen LogP contribution >= 0.6 is 0 Å². The Balaban J connectivity index is 1.82. The van der Waals surface area contributed by atoms with Gasteiger partial charge in [0.05, 0.1) is 18.0 Å². The number of carboxylic acids is 1. The number of aromatic nitrogens is 2. The fourth-order valence-electron chi connectivity index (χ4n) is 2.44. The Hall–Kier alpha value is -3.69. The van der Waals surface area contributed by atoms with Crippen molar-refractivity contribution in [1.82, 2.24) is 15.5 Å². The number of amides is 1. The molecule has 1 atom stereocenters. The number of carbonyl (C=O) groups excluding carboxylic acids is 1. The van der Waals surface area contributed by atoms with Crippen LogP contribution in [0, 0.1) is 17.5 Å². The number of halogens is 3. The molecular formula is C18H12F3N3O4. The Morgan fingerprint density at radius 3 is 2.50 bits per heavy atom. The number of nitrogens with one attached hydrogen (secondary N) is 1. The summed E-state index contributed by atoms with van der Waals surface area (Å²) in [6.07, 6.45) is -0.486. The van der Waals surface area contributed by atoms with Crippen molar-refractivity contribution in [3.63, 3.8) is 0 Å². The van der Waals surface area contributed by atoms with Gasteiger partial charge in [-0.15, -0.1) is 0 Å². The van der Waals surface area contributed by atoms with Crippen molar-refractivity contribution in [2.75, 3.05) is 0 Å². The molecule has 0 aliphatic rings. The van der Waals surface area contributed by atoms with E-state index >= 15 is 0 Å². The van der Waals surface area contributed by atoms with Crippen LogP contribution in [0.5, 0.6) is 0 Å². The van der Waals surface area contributed by atoms with Crippen LogP contribution in [0.1, 0.15) is 28.6 Å². The monoisotopic (exact) mass is 391 g/mol. The van der Waals surface area contributed by atoms with Crippen LogP contribution < -0.4 is 5.32 Å². The largest absolute Gasteiger partial charge is 0.481 e. The predicted octanol–water partition coefficient (Wildman–Crippen LogP) is 3.10. The summed E-state index contributed by atoms with van der Waals surface area (Å²) in [6, 6.07) is 7.22. The minimum absolute atomic E-state index is 0.327. The second-order valence-corrected chi connectivity index (χ2v) is 5.70. The second kappa shape index (κ2) is 7.91. The molecule has 0 aliphatic carbocycles. The third-order valence-electron chi connectivity index (χ3n) is 3.77. The van der Waals surface area contributed by atoms with Gasteiger partial charge in [-0.1, -0.05) is 23.4 Å². The van der Waals surface area contributed by atoms with E-state index < -0.39 is 53.5 Å². The molecule has 0 aliphatic heterocycles. The Morgan fingerprint density at radius 2 is 1.82 bits per heavy atom. The predicted molar refractivity (Wildman–Crippen MR) is 88.5 cm³/mol. The highest BCUT2D eigenvalue weighted by atomic mass is 19.2. The van der Waals surface area contributed by atoms with Crippen molar-refractivity contribution in [2.45, 2.75) is 12.5 Å². The number of rotatable bonds is 6. The van der Waals surface area contributed by atoms with Gasteiger partial charge >= 0.3 is 5.97 Å². The molecule has 0 saturated heterocycles. The molecule has 1 heterocycles. The van der Waals surface area contributed by atoms with Gasteiger partial charge in [0.25, 0.3) is 17.6 Å². The number of carbonyl (C=O) groups is 2. The molecule has 2 aromatic carbocycles. The zero-order chi connectivity index (χ0) is 20.3. The smallest absolute Gasteiger partial charge is 0.305 e. The van der Waals surface area contributed by atoms with Crippen LogP contribution in [-0.4, -0.2) is 27.1 Å². The van der Waals surface area contributed by atoms with Gasteiger partial charge in [0, 0.05) is 0 Å². The molecule has 1 amide bonds. The average Bonchev–Trinajstić information content (AvgIpc) is 3.14. The third kappa shape index (κ3) is 4.17. The van der Waals surface area contributed by atoms with Gasteiger partial charge in [-0.2, -0.15) is 4.98 Å². The molecule has 10 heteroatoms. The van der Waals surface area contributed by atoms with Crippen molar-refractivity contribution < 1.29 is 32.4 Å². The summed E-state index contributed by atoms with van der Waals surface area (Å²) in [4.78, 5) is 27.1. The first-order valence-corrected chi connectivity index (χ1v) is 7.91. The van der Waals surface area contributed by atoms with Gasteiger partial charge in [-0.05, 0) is 29.8 Å². The van der Waals surface area contributed by atoms with Crippen molar-refractivity contribution in [1.29, 1.82) is 0 Å². The summed E-state index contributed by atoms with van der Waals surface area (Å²) in [6.45, 7) is 0. The van der Waals surface area contributed by atoms with Gasteiger partial charge < -0.3 is 14.9 Å². The van der Waals surface area contributed by atoms with Gasteiger partial charge in [-0.25, -0.2) is 13.2 Å². The summed E-state index contributed by atoms with van der Waals surface area (Å²) in [5.41, 5.74) is 0.0178. The molecule has 1 aromatic heterocycles. The van der Waals surface area contributed by atoms with Crippen LogP contribution in [0.2, 0.25) is 0 Å². The highest BCUT2D eigenvalue weighted by molar-refractivity contribution is 5.91. The number of carboxylic acid groups (broad SMARTS) is 1. The maximum atomic E-state index is 13.8. The molecule has 0 unspecified atom stereocenters. The first kappa shape index (κ1) is 19.1. The van der Waals surface area contributed by atoms with Crippen molar-refractivity contribution in [3.8, 4) is 11.5 Å². The topological polar surface area (TPSA) is 105 Å². The van der Waals surface area contributed by atoms with E-state index in [9.17, 15) is 22.8 Å². The Morgan fingerprint density at radius 1 is 1.11 bits per heavy atom. The Kier molecular flexibility index (Phi) is 5.39. The maximum absolute atomic E-state index is 13.8. The molecule has 144 valence electrons. The van der Waals surface area contributed by atoms with Crippen LogP contribution in [-0.2, 0) is 4.79 Å². The molecular weight excluding hydrogens is 379 g/mol. The van der Waals surface area contributed by atoms with Crippen LogP contribution in [0.3, 0.4) is 0 Å². The van der Waals surface area contributed by atoms with Crippen LogP contribution in [0.4, 0.5) is 13.2 Å². The Bertz CT molecular complexity index is 1020. The molecule has 7 nitrogen and oxygen atoms in total. The first-order valence-electron chi connectivity index (χ1n) is 7.91. The van der Waals surface area contributed by atoms with E-state index in [-0.39, 0.29) is 5.56 Å². The average molecular weight is 391 g/mol. The summed E-state index contributed by atoms with van der Waals surface area (Å²) >= 11 is 0. The fraction of sp³-hybridized carbons (Fsp3) is 0.111.